The number of hydrogen-bond acceptors (Lipinski definition) is 6. The lowest BCUT2D eigenvalue weighted by Crippen LogP contribution is -2.50. The van der Waals surface area contributed by atoms with E-state index in [0.717, 1.165) is 25.9 Å². The van der Waals surface area contributed by atoms with Crippen LogP contribution in [0.3, 0.4) is 0 Å². The van der Waals surface area contributed by atoms with Crippen LogP contribution in [-0.4, -0.2) is 48.5 Å². The van der Waals surface area contributed by atoms with Gasteiger partial charge in [-0.05, 0) is 0 Å². The molecule has 0 aromatic carbocycles. The third-order valence-electron chi connectivity index (χ3n) is 1.10. The molecule has 0 spiro atoms. The Hall–Kier alpha value is -1.22. The van der Waals surface area contributed by atoms with Gasteiger partial charge in [-0.1, -0.05) is 0 Å². The van der Waals surface area contributed by atoms with Crippen molar-refractivity contribution in [3.05, 3.63) is 0 Å². The number of quaternary nitrogens is 2. The van der Waals surface area contributed by atoms with Crippen molar-refractivity contribution in [2.24, 2.45) is 0 Å². The van der Waals surface area contributed by atoms with Crippen LogP contribution < -0.4 is 21.7 Å². The highest BCUT2D eigenvalue weighted by atomic mass is 16.4. The highest BCUT2D eigenvalue weighted by Crippen LogP contribution is 1.66. The first-order valence-corrected chi connectivity index (χ1v) is 5.16. The lowest BCUT2D eigenvalue weighted by Gasteiger charge is -1.99. The van der Waals surface area contributed by atoms with Crippen LogP contribution in [0.25, 0.3) is 0 Å². The Labute approximate surface area is 99.9 Å². The minimum atomic E-state index is -1.63. The fourth-order valence-electron chi connectivity index (χ4n) is 0.341. The summed E-state index contributed by atoms with van der Waals surface area (Å²) >= 11 is 0. The fourth-order valence-corrected chi connectivity index (χ4v) is 0.341. The van der Waals surface area contributed by atoms with Crippen molar-refractivity contribution >= 4 is 11.9 Å². The van der Waals surface area contributed by atoms with Gasteiger partial charge in [-0.25, -0.2) is 0 Å². The molecule has 0 aliphatic heterocycles. The van der Waals surface area contributed by atoms with E-state index in [1.807, 2.05) is 0 Å². The van der Waals surface area contributed by atoms with Crippen molar-refractivity contribution in [3.8, 4) is 0 Å². The van der Waals surface area contributed by atoms with E-state index in [-0.39, 0.29) is 13.2 Å². The second-order valence-electron chi connectivity index (χ2n) is 2.78. The molecule has 17 heavy (non-hydrogen) atoms. The molecule has 0 heterocycles. The van der Waals surface area contributed by atoms with Crippen molar-refractivity contribution in [2.75, 3.05) is 26.3 Å². The van der Waals surface area contributed by atoms with Gasteiger partial charge in [0.25, 0.3) is 0 Å². The number of hydrogen-bond donors (Lipinski definition) is 4. The average molecular weight is 254 g/mol. The van der Waals surface area contributed by atoms with E-state index in [4.69, 9.17) is 10.2 Å². The van der Waals surface area contributed by atoms with Gasteiger partial charge in [-0.2, -0.15) is 0 Å². The van der Waals surface area contributed by atoms with E-state index < -0.39 is 18.4 Å². The van der Waals surface area contributed by atoms with Crippen LogP contribution in [-0.2, 0) is 9.59 Å². The molecule has 0 radical (unpaired) electrons. The first-order valence-electron chi connectivity index (χ1n) is 5.16. The number of aliphatic hydroxyl groups excluding tert-OH is 2. The molecule has 0 unspecified atom stereocenters. The molecular formula is C9H22N2O6. The van der Waals surface area contributed by atoms with Gasteiger partial charge in [0.15, 0.2) is 0 Å². The summed E-state index contributed by atoms with van der Waals surface area (Å²) in [6, 6.07) is 0. The van der Waals surface area contributed by atoms with Crippen LogP contribution in [0.4, 0.5) is 0 Å². The molecule has 0 amide bonds. The first-order chi connectivity index (χ1) is 7.95. The molecule has 0 rings (SSSR count). The third kappa shape index (κ3) is 52.5. The highest BCUT2D eigenvalue weighted by molar-refractivity contribution is 5.86. The molecule has 0 atom stereocenters. The second-order valence-corrected chi connectivity index (χ2v) is 2.78. The quantitative estimate of drug-likeness (QED) is 0.343. The number of aliphatic hydroxyl groups is 2. The van der Waals surface area contributed by atoms with E-state index in [9.17, 15) is 19.8 Å². The normalized spacial score (nSPS) is 8.24. The molecule has 0 saturated carbocycles. The van der Waals surface area contributed by atoms with Gasteiger partial charge in [0, 0.05) is 44.4 Å². The summed E-state index contributed by atoms with van der Waals surface area (Å²) in [5.41, 5.74) is 7.03. The molecule has 0 aromatic heterocycles. The number of rotatable bonds is 6. The maximum atomic E-state index is 9.28. The van der Waals surface area contributed by atoms with Gasteiger partial charge in [-0.3, -0.25) is 0 Å². The van der Waals surface area contributed by atoms with Crippen molar-refractivity contribution < 1.29 is 41.5 Å². The summed E-state index contributed by atoms with van der Waals surface area (Å²) in [5, 5.41) is 34.6. The largest absolute Gasteiger partial charge is 0.550 e. The lowest BCUT2D eigenvalue weighted by molar-refractivity contribution is -0.369. The van der Waals surface area contributed by atoms with Crippen LogP contribution >= 0.6 is 0 Å². The Balaban J connectivity index is -0.000000177. The number of carbonyl (C=O) groups is 2. The number of carboxylic acids is 2. The van der Waals surface area contributed by atoms with Gasteiger partial charge < -0.3 is 41.5 Å². The van der Waals surface area contributed by atoms with Gasteiger partial charge in [-0.15, -0.1) is 0 Å². The Morgan fingerprint density at radius 1 is 0.882 bits per heavy atom. The summed E-state index contributed by atoms with van der Waals surface area (Å²) in [5.74, 6) is -3.25. The molecule has 0 aromatic rings. The summed E-state index contributed by atoms with van der Waals surface area (Å²) in [7, 11) is 0. The van der Waals surface area contributed by atoms with Crippen molar-refractivity contribution in [1.82, 2.24) is 0 Å². The highest BCUT2D eigenvalue weighted by Gasteiger charge is 1.81. The average Bonchev–Trinajstić information content (AvgIpc) is 2.19. The van der Waals surface area contributed by atoms with Gasteiger partial charge >= 0.3 is 0 Å². The molecule has 8 N–H and O–H groups in total. The topological polar surface area (TPSA) is 176 Å². The zero-order valence-electron chi connectivity index (χ0n) is 9.89. The number of aliphatic carboxylic acids is 2. The zero-order valence-corrected chi connectivity index (χ0v) is 9.89. The molecule has 0 bridgehead atoms. The van der Waals surface area contributed by atoms with Gasteiger partial charge in [0.2, 0.25) is 0 Å². The molecule has 104 valence electrons. The molecule has 0 aliphatic carbocycles. The van der Waals surface area contributed by atoms with E-state index in [2.05, 4.69) is 11.5 Å². The Kier molecular flexibility index (Phi) is 25.1. The molecule has 0 saturated heterocycles. The predicted octanol–water partition coefficient (Wildman–Crippen LogP) is -5.90. The lowest BCUT2D eigenvalue weighted by atomic mass is 10.5. The maximum absolute atomic E-state index is 9.28. The minimum Gasteiger partial charge on any atom is -0.550 e. The van der Waals surface area contributed by atoms with E-state index in [1.165, 1.54) is 0 Å². The van der Waals surface area contributed by atoms with E-state index in [0.29, 0.717) is 0 Å². The first kappa shape index (κ1) is 21.1. The monoisotopic (exact) mass is 254 g/mol. The molecule has 8 nitrogen and oxygen atoms in total. The van der Waals surface area contributed by atoms with Crippen molar-refractivity contribution in [3.63, 3.8) is 0 Å². The molecular weight excluding hydrogens is 232 g/mol. The van der Waals surface area contributed by atoms with Crippen LogP contribution in [0.1, 0.15) is 19.3 Å². The number of carbonyl (C=O) groups excluding carboxylic acids is 2. The second kappa shape index (κ2) is 20.2. The molecule has 0 fully saturated rings. The van der Waals surface area contributed by atoms with Crippen molar-refractivity contribution in [1.29, 1.82) is 0 Å². The van der Waals surface area contributed by atoms with Crippen molar-refractivity contribution in [2.45, 2.75) is 19.3 Å². The van der Waals surface area contributed by atoms with E-state index in [1.54, 1.807) is 0 Å². The summed E-state index contributed by atoms with van der Waals surface area (Å²) in [6.45, 7) is 2.25. The Morgan fingerprint density at radius 2 is 1.18 bits per heavy atom. The summed E-state index contributed by atoms with van der Waals surface area (Å²) in [4.78, 5) is 18.6. The van der Waals surface area contributed by atoms with Crippen LogP contribution in [0, 0.1) is 0 Å². The van der Waals surface area contributed by atoms with Gasteiger partial charge in [0.1, 0.15) is 0 Å². The number of carboxylic acid groups (broad SMARTS) is 2. The SMILES string of the molecule is O=C([O-])CC(=O)[O-].[NH3+]CCCO.[NH3+]CCCO. The molecule has 0 aliphatic rings. The van der Waals surface area contributed by atoms with Gasteiger partial charge in [0.05, 0.1) is 13.1 Å². The van der Waals surface area contributed by atoms with Crippen LogP contribution in [0.5, 0.6) is 0 Å². The fraction of sp³-hybridized carbons (Fsp3) is 0.778. The third-order valence-corrected chi connectivity index (χ3v) is 1.10. The standard InChI is InChI=1S/2C3H9NO.C3H4O4/c2*4-2-1-3-5;4-2(5)1-3(6)7/h2*5H,1-4H2;1H2,(H,4,5)(H,6,7). The summed E-state index contributed by atoms with van der Waals surface area (Å²) in [6.07, 6.45) is 0.639. The Morgan fingerprint density at radius 3 is 1.18 bits per heavy atom. The van der Waals surface area contributed by atoms with Crippen LogP contribution in [0.2, 0.25) is 0 Å². The molecule has 8 heteroatoms. The minimum absolute atomic E-state index is 0.281. The van der Waals surface area contributed by atoms with E-state index >= 15 is 0 Å². The Bertz CT molecular complexity index is 155. The van der Waals surface area contributed by atoms with Crippen LogP contribution in [0.15, 0.2) is 0 Å². The summed E-state index contributed by atoms with van der Waals surface area (Å²) < 4.78 is 0. The zero-order chi connectivity index (χ0) is 14.1. The smallest absolute Gasteiger partial charge is 0.0762 e. The maximum Gasteiger partial charge on any atom is 0.0762 e. The predicted molar refractivity (Wildman–Crippen MR) is 53.5 cm³/mol.